The van der Waals surface area contributed by atoms with Gasteiger partial charge in [0.1, 0.15) is 17.8 Å². The number of carbonyl (C=O) groups excluding carboxylic acids is 4. The molecular weight excluding hydrogens is 614 g/mol. The molecule has 1 unspecified atom stereocenters. The predicted molar refractivity (Wildman–Crippen MR) is 168 cm³/mol. The summed E-state index contributed by atoms with van der Waals surface area (Å²) in [6.07, 6.45) is -1.16. The molecule has 0 aliphatic carbocycles. The number of imide groups is 1. The van der Waals surface area contributed by atoms with Crippen LogP contribution in [0.4, 0.5) is 16.2 Å². The summed E-state index contributed by atoms with van der Waals surface area (Å²) in [5.74, 6) is -2.24. The van der Waals surface area contributed by atoms with Crippen molar-refractivity contribution < 1.29 is 28.7 Å². The second-order valence-electron chi connectivity index (χ2n) is 10.2. The van der Waals surface area contributed by atoms with Gasteiger partial charge in [0.2, 0.25) is 6.10 Å². The summed E-state index contributed by atoms with van der Waals surface area (Å²) in [7, 11) is 0. The quantitative estimate of drug-likeness (QED) is 0.230. The lowest BCUT2D eigenvalue weighted by Gasteiger charge is -2.18. The number of benzene rings is 3. The maximum absolute atomic E-state index is 14.0. The van der Waals surface area contributed by atoms with Crippen molar-refractivity contribution in [1.29, 1.82) is 0 Å². The zero-order valence-electron chi connectivity index (χ0n) is 24.2. The van der Waals surface area contributed by atoms with Crippen LogP contribution in [0.3, 0.4) is 0 Å². The largest absolute Gasteiger partial charge is 0.459 e. The van der Waals surface area contributed by atoms with Crippen molar-refractivity contribution in [1.82, 2.24) is 14.5 Å². The molecule has 3 aromatic carbocycles. The van der Waals surface area contributed by atoms with Gasteiger partial charge in [-0.25, -0.2) is 24.5 Å². The number of aryl methyl sites for hydroxylation is 1. The zero-order chi connectivity index (χ0) is 32.4. The fraction of sp³-hybridized carbons (Fsp3) is 0.121. The van der Waals surface area contributed by atoms with Crippen molar-refractivity contribution in [2.45, 2.75) is 19.6 Å². The van der Waals surface area contributed by atoms with E-state index in [1.165, 1.54) is 24.4 Å². The minimum Gasteiger partial charge on any atom is -0.459 e. The molecule has 1 saturated heterocycles. The number of nitrogens with one attached hydrogen (secondary N) is 1. The van der Waals surface area contributed by atoms with Crippen LogP contribution in [-0.4, -0.2) is 45.0 Å². The number of halogens is 1. The minimum absolute atomic E-state index is 0.00296. The monoisotopic (exact) mass is 637 g/mol. The van der Waals surface area contributed by atoms with E-state index in [1.807, 2.05) is 0 Å². The molecule has 0 spiro atoms. The topological polar surface area (TPSA) is 150 Å². The van der Waals surface area contributed by atoms with Crippen molar-refractivity contribution in [2.24, 2.45) is 0 Å². The van der Waals surface area contributed by atoms with Crippen molar-refractivity contribution in [2.75, 3.05) is 16.8 Å². The van der Waals surface area contributed by atoms with Gasteiger partial charge in [-0.2, -0.15) is 0 Å². The Hall–Kier alpha value is -5.88. The molecule has 1 atom stereocenters. The number of para-hydroxylation sites is 1. The van der Waals surface area contributed by atoms with E-state index in [-0.39, 0.29) is 46.3 Å². The lowest BCUT2D eigenvalue weighted by Crippen LogP contribution is -2.34. The van der Waals surface area contributed by atoms with Crippen LogP contribution >= 0.6 is 11.6 Å². The van der Waals surface area contributed by atoms with Crippen molar-refractivity contribution in [3.05, 3.63) is 129 Å². The number of fused-ring (bicyclic) bond motifs is 1. The highest BCUT2D eigenvalue weighted by Crippen LogP contribution is 2.34. The first-order valence-corrected chi connectivity index (χ1v) is 14.4. The normalized spacial score (nSPS) is 14.3. The molecule has 1 aliphatic rings. The van der Waals surface area contributed by atoms with Crippen LogP contribution in [0.1, 0.15) is 38.3 Å². The fourth-order valence-corrected chi connectivity index (χ4v) is 5.21. The summed E-state index contributed by atoms with van der Waals surface area (Å²) >= 11 is 6.37. The maximum Gasteiger partial charge on any atom is 0.422 e. The summed E-state index contributed by atoms with van der Waals surface area (Å²) in [4.78, 5) is 75.9. The van der Waals surface area contributed by atoms with Gasteiger partial charge in [-0.05, 0) is 55.0 Å². The van der Waals surface area contributed by atoms with Gasteiger partial charge < -0.3 is 14.8 Å². The molecule has 1 fully saturated rings. The molecule has 46 heavy (non-hydrogen) atoms. The van der Waals surface area contributed by atoms with Gasteiger partial charge in [0, 0.05) is 16.8 Å². The van der Waals surface area contributed by atoms with Crippen LogP contribution in [0.15, 0.2) is 95.9 Å². The minimum atomic E-state index is -1.64. The summed E-state index contributed by atoms with van der Waals surface area (Å²) in [5, 5.41) is 2.86. The average Bonchev–Trinajstić information content (AvgIpc) is 3.36. The van der Waals surface area contributed by atoms with Crippen LogP contribution in [0.25, 0.3) is 10.9 Å². The van der Waals surface area contributed by atoms with E-state index >= 15 is 0 Å². The second-order valence-corrected chi connectivity index (χ2v) is 10.6. The molecular formula is C33H24ClN5O7. The number of cyclic esters (lactones) is 1. The van der Waals surface area contributed by atoms with Crippen LogP contribution in [-0.2, 0) is 20.8 Å². The number of carbonyl (C=O) groups is 4. The molecule has 0 bridgehead atoms. The summed E-state index contributed by atoms with van der Waals surface area (Å²) in [6.45, 7) is 1.15. The van der Waals surface area contributed by atoms with Crippen molar-refractivity contribution >= 4 is 57.8 Å². The van der Waals surface area contributed by atoms with E-state index in [0.717, 1.165) is 9.47 Å². The molecule has 6 rings (SSSR count). The Morgan fingerprint density at radius 1 is 0.978 bits per heavy atom. The third kappa shape index (κ3) is 5.81. The Kier molecular flexibility index (Phi) is 8.27. The number of hydrogen-bond donors (Lipinski definition) is 1. The first kappa shape index (κ1) is 30.2. The Labute approximate surface area is 266 Å². The van der Waals surface area contributed by atoms with Crippen molar-refractivity contribution in [3.63, 3.8) is 0 Å². The number of pyridine rings is 1. The van der Waals surface area contributed by atoms with Crippen molar-refractivity contribution in [3.8, 4) is 0 Å². The molecule has 1 aliphatic heterocycles. The molecule has 1 N–H and O–H groups in total. The molecule has 13 heteroatoms. The lowest BCUT2D eigenvalue weighted by molar-refractivity contribution is -0.122. The number of amides is 3. The molecule has 5 aromatic rings. The van der Waals surface area contributed by atoms with Crippen LogP contribution in [0.2, 0.25) is 5.02 Å². The number of esters is 1. The van der Waals surface area contributed by atoms with Gasteiger partial charge in [-0.15, -0.1) is 0 Å². The number of anilines is 2. The summed E-state index contributed by atoms with van der Waals surface area (Å²) < 4.78 is 12.0. The molecule has 12 nitrogen and oxygen atoms in total. The van der Waals surface area contributed by atoms with Gasteiger partial charge in [0.25, 0.3) is 17.4 Å². The van der Waals surface area contributed by atoms with E-state index in [0.29, 0.717) is 16.8 Å². The van der Waals surface area contributed by atoms with Gasteiger partial charge in [0.05, 0.1) is 23.3 Å². The number of hydrogen-bond acceptors (Lipinski definition) is 9. The van der Waals surface area contributed by atoms with Gasteiger partial charge >= 0.3 is 12.1 Å². The van der Waals surface area contributed by atoms with E-state index < -0.39 is 35.5 Å². The van der Waals surface area contributed by atoms with Gasteiger partial charge in [0.15, 0.2) is 5.82 Å². The summed E-state index contributed by atoms with van der Waals surface area (Å²) in [6, 6.07) is 22.6. The summed E-state index contributed by atoms with van der Waals surface area (Å²) in [5.41, 5.74) is 0.772. The SMILES string of the molecule is Cc1ccccc1N1C(=O)OC(c2nc3c(NC(=O)c4ccccc4)cc(Cl)cc3c(=O)n2CCOC(=O)c2ccccn2)C1=O. The number of aromatic nitrogens is 3. The highest BCUT2D eigenvalue weighted by atomic mass is 35.5. The Morgan fingerprint density at radius 2 is 1.72 bits per heavy atom. The highest BCUT2D eigenvalue weighted by molar-refractivity contribution is 6.32. The second kappa shape index (κ2) is 12.6. The van der Waals surface area contributed by atoms with E-state index in [4.69, 9.17) is 21.1 Å². The predicted octanol–water partition coefficient (Wildman–Crippen LogP) is 5.09. The van der Waals surface area contributed by atoms with E-state index in [2.05, 4.69) is 15.3 Å². The first-order valence-electron chi connectivity index (χ1n) is 14.0. The number of rotatable bonds is 8. The Morgan fingerprint density at radius 3 is 2.46 bits per heavy atom. The number of nitrogens with zero attached hydrogens (tertiary/aromatic N) is 4. The standard InChI is InChI=1S/C33H24ClN5O7/c1-19-9-5-6-13-25(19)39-31(42)27(46-33(39)44)28-37-26-22(17-21(34)18-24(26)36-29(40)20-10-3-2-4-11-20)30(41)38(28)15-16-45-32(43)23-12-7-8-14-35-23/h2-14,17-18,27H,15-16H2,1H3,(H,36,40). The van der Waals surface area contributed by atoms with E-state index in [9.17, 15) is 24.0 Å². The van der Waals surface area contributed by atoms with Crippen LogP contribution < -0.4 is 15.8 Å². The third-order valence-corrected chi connectivity index (χ3v) is 7.41. The highest BCUT2D eigenvalue weighted by Gasteiger charge is 2.45. The lowest BCUT2D eigenvalue weighted by atomic mass is 10.1. The molecule has 2 aromatic heterocycles. The van der Waals surface area contributed by atoms with Gasteiger partial charge in [-0.3, -0.25) is 19.0 Å². The Balaban J connectivity index is 1.43. The molecule has 230 valence electrons. The smallest absolute Gasteiger partial charge is 0.422 e. The maximum atomic E-state index is 14.0. The molecule has 3 amide bonds. The first-order chi connectivity index (χ1) is 22.2. The van der Waals surface area contributed by atoms with Crippen LogP contribution in [0.5, 0.6) is 0 Å². The average molecular weight is 638 g/mol. The third-order valence-electron chi connectivity index (χ3n) is 7.20. The molecule has 3 heterocycles. The number of ether oxygens (including phenoxy) is 2. The fourth-order valence-electron chi connectivity index (χ4n) is 5.00. The van der Waals surface area contributed by atoms with E-state index in [1.54, 1.807) is 73.7 Å². The van der Waals surface area contributed by atoms with Gasteiger partial charge in [-0.1, -0.05) is 54.1 Å². The zero-order valence-corrected chi connectivity index (χ0v) is 24.9. The Bertz CT molecular complexity index is 2070. The molecule has 0 saturated carbocycles. The van der Waals surface area contributed by atoms with Crippen LogP contribution in [0, 0.1) is 6.92 Å². The molecule has 0 radical (unpaired) electrons.